The second kappa shape index (κ2) is 4.26. The Kier molecular flexibility index (Phi) is 2.97. The molecule has 0 saturated heterocycles. The second-order valence-electron chi connectivity index (χ2n) is 4.53. The van der Waals surface area contributed by atoms with E-state index in [0.717, 1.165) is 31.2 Å². The van der Waals surface area contributed by atoms with Crippen LogP contribution < -0.4 is 0 Å². The van der Waals surface area contributed by atoms with Gasteiger partial charge in [-0.2, -0.15) is 0 Å². The van der Waals surface area contributed by atoms with E-state index in [2.05, 4.69) is 0 Å². The van der Waals surface area contributed by atoms with E-state index in [9.17, 15) is 9.90 Å². The Hall–Kier alpha value is -1.35. The summed E-state index contributed by atoms with van der Waals surface area (Å²) in [6, 6.07) is 6.91. The van der Waals surface area contributed by atoms with Crippen molar-refractivity contribution in [1.82, 2.24) is 0 Å². The summed E-state index contributed by atoms with van der Waals surface area (Å²) in [6.07, 6.45) is 4.27. The van der Waals surface area contributed by atoms with Gasteiger partial charge >= 0.3 is 5.97 Å². The molecule has 3 heteroatoms. The first-order valence-corrected chi connectivity index (χ1v) is 5.63. The fourth-order valence-corrected chi connectivity index (χ4v) is 2.56. The standard InChI is InChI=1S/C13H16O3/c14-9-13(7-1-2-8-13)11-5-3-10(4-6-11)12(15)16/h3-6,14H,1-2,7-9H2,(H,15,16). The largest absolute Gasteiger partial charge is 0.478 e. The van der Waals surface area contributed by atoms with Gasteiger partial charge in [-0.25, -0.2) is 4.79 Å². The summed E-state index contributed by atoms with van der Waals surface area (Å²) in [5.74, 6) is -0.906. The third kappa shape index (κ3) is 1.83. The maximum Gasteiger partial charge on any atom is 0.335 e. The Morgan fingerprint density at radius 2 is 1.75 bits per heavy atom. The maximum absolute atomic E-state index is 10.7. The molecule has 0 aromatic heterocycles. The third-order valence-electron chi connectivity index (χ3n) is 3.61. The molecule has 1 aliphatic carbocycles. The van der Waals surface area contributed by atoms with E-state index in [1.165, 1.54) is 0 Å². The van der Waals surface area contributed by atoms with Crippen molar-refractivity contribution < 1.29 is 15.0 Å². The number of aliphatic hydroxyl groups excluding tert-OH is 1. The molecule has 0 amide bonds. The van der Waals surface area contributed by atoms with Crippen molar-refractivity contribution in [2.45, 2.75) is 31.1 Å². The highest BCUT2D eigenvalue weighted by Gasteiger charge is 2.34. The van der Waals surface area contributed by atoms with Gasteiger partial charge in [0, 0.05) is 5.41 Å². The Balaban J connectivity index is 2.29. The van der Waals surface area contributed by atoms with Gasteiger partial charge in [0.2, 0.25) is 0 Å². The topological polar surface area (TPSA) is 57.5 Å². The lowest BCUT2D eigenvalue weighted by molar-refractivity contribution is 0.0697. The molecule has 16 heavy (non-hydrogen) atoms. The van der Waals surface area contributed by atoms with E-state index in [1.54, 1.807) is 12.1 Å². The first-order chi connectivity index (χ1) is 7.68. The van der Waals surface area contributed by atoms with Crippen LogP contribution in [0.25, 0.3) is 0 Å². The van der Waals surface area contributed by atoms with Gasteiger partial charge in [0.05, 0.1) is 12.2 Å². The lowest BCUT2D eigenvalue weighted by Gasteiger charge is -2.27. The number of hydrogen-bond donors (Lipinski definition) is 2. The van der Waals surface area contributed by atoms with Crippen LogP contribution in [0.15, 0.2) is 24.3 Å². The van der Waals surface area contributed by atoms with E-state index in [0.29, 0.717) is 5.56 Å². The third-order valence-corrected chi connectivity index (χ3v) is 3.61. The summed E-state index contributed by atoms with van der Waals surface area (Å²) in [5.41, 5.74) is 1.24. The fourth-order valence-electron chi connectivity index (χ4n) is 2.56. The minimum Gasteiger partial charge on any atom is -0.478 e. The molecule has 0 atom stereocenters. The van der Waals surface area contributed by atoms with Crippen LogP contribution >= 0.6 is 0 Å². The number of hydrogen-bond acceptors (Lipinski definition) is 2. The summed E-state index contributed by atoms with van der Waals surface area (Å²) in [4.78, 5) is 10.7. The molecule has 86 valence electrons. The predicted octanol–water partition coefficient (Wildman–Crippen LogP) is 2.19. The monoisotopic (exact) mass is 220 g/mol. The van der Waals surface area contributed by atoms with Gasteiger partial charge in [0.1, 0.15) is 0 Å². The van der Waals surface area contributed by atoms with Gasteiger partial charge in [-0.15, -0.1) is 0 Å². The highest BCUT2D eigenvalue weighted by atomic mass is 16.4. The molecule has 1 saturated carbocycles. The summed E-state index contributed by atoms with van der Waals surface area (Å²) >= 11 is 0. The van der Waals surface area contributed by atoms with E-state index in [4.69, 9.17) is 5.11 Å². The molecule has 3 nitrogen and oxygen atoms in total. The van der Waals surface area contributed by atoms with Crippen LogP contribution in [0.4, 0.5) is 0 Å². The van der Waals surface area contributed by atoms with E-state index in [1.807, 2.05) is 12.1 Å². The van der Waals surface area contributed by atoms with Crippen molar-refractivity contribution in [2.24, 2.45) is 0 Å². The normalized spacial score (nSPS) is 18.6. The van der Waals surface area contributed by atoms with Crippen LogP contribution in [-0.2, 0) is 5.41 Å². The molecule has 0 heterocycles. The molecule has 2 N–H and O–H groups in total. The Morgan fingerprint density at radius 3 is 2.19 bits per heavy atom. The van der Waals surface area contributed by atoms with Crippen molar-refractivity contribution in [3.05, 3.63) is 35.4 Å². The van der Waals surface area contributed by atoms with Crippen molar-refractivity contribution in [3.8, 4) is 0 Å². The Bertz CT molecular complexity index is 375. The smallest absolute Gasteiger partial charge is 0.335 e. The fraction of sp³-hybridized carbons (Fsp3) is 0.462. The quantitative estimate of drug-likeness (QED) is 0.821. The summed E-state index contributed by atoms with van der Waals surface area (Å²) in [6.45, 7) is 0.152. The second-order valence-corrected chi connectivity index (χ2v) is 4.53. The van der Waals surface area contributed by atoms with E-state index in [-0.39, 0.29) is 12.0 Å². The van der Waals surface area contributed by atoms with Crippen LogP contribution in [0.1, 0.15) is 41.6 Å². The molecule has 1 fully saturated rings. The Morgan fingerprint density at radius 1 is 1.19 bits per heavy atom. The molecule has 0 bridgehead atoms. The van der Waals surface area contributed by atoms with Crippen LogP contribution in [-0.4, -0.2) is 22.8 Å². The lowest BCUT2D eigenvalue weighted by atomic mass is 9.79. The number of aromatic carboxylic acids is 1. The molecule has 0 unspecified atom stereocenters. The van der Waals surface area contributed by atoms with Crippen molar-refractivity contribution in [3.63, 3.8) is 0 Å². The van der Waals surface area contributed by atoms with Crippen molar-refractivity contribution in [1.29, 1.82) is 0 Å². The van der Waals surface area contributed by atoms with Gasteiger partial charge in [-0.05, 0) is 30.5 Å². The molecule has 0 spiro atoms. The zero-order chi connectivity index (χ0) is 11.6. The minimum absolute atomic E-state index is 0.128. The number of aliphatic hydroxyl groups is 1. The van der Waals surface area contributed by atoms with Crippen LogP contribution in [0, 0.1) is 0 Å². The first kappa shape index (κ1) is 11.1. The minimum atomic E-state index is -0.906. The first-order valence-electron chi connectivity index (χ1n) is 5.63. The molecule has 1 aromatic rings. The molecule has 2 rings (SSSR count). The van der Waals surface area contributed by atoms with Crippen molar-refractivity contribution in [2.75, 3.05) is 6.61 Å². The van der Waals surface area contributed by atoms with Gasteiger partial charge in [0.25, 0.3) is 0 Å². The zero-order valence-electron chi connectivity index (χ0n) is 9.15. The Labute approximate surface area is 94.7 Å². The molecule has 0 radical (unpaired) electrons. The highest BCUT2D eigenvalue weighted by molar-refractivity contribution is 5.87. The number of carboxylic acids is 1. The van der Waals surface area contributed by atoms with Gasteiger partial charge in [-0.1, -0.05) is 25.0 Å². The number of benzene rings is 1. The molecule has 1 aromatic carbocycles. The number of carboxylic acid groups (broad SMARTS) is 1. The van der Waals surface area contributed by atoms with Crippen molar-refractivity contribution >= 4 is 5.97 Å². The summed E-state index contributed by atoms with van der Waals surface area (Å²) < 4.78 is 0. The van der Waals surface area contributed by atoms with Gasteiger partial charge in [-0.3, -0.25) is 0 Å². The SMILES string of the molecule is O=C(O)c1ccc(C2(CO)CCCC2)cc1. The number of rotatable bonds is 3. The average molecular weight is 220 g/mol. The molecule has 0 aliphatic heterocycles. The van der Waals surface area contributed by atoms with Gasteiger partial charge in [0.15, 0.2) is 0 Å². The molecule has 1 aliphatic rings. The van der Waals surface area contributed by atoms with E-state index < -0.39 is 5.97 Å². The van der Waals surface area contributed by atoms with Crippen LogP contribution in [0.2, 0.25) is 0 Å². The highest BCUT2D eigenvalue weighted by Crippen LogP contribution is 2.40. The summed E-state index contributed by atoms with van der Waals surface area (Å²) in [5, 5.41) is 18.3. The lowest BCUT2D eigenvalue weighted by Crippen LogP contribution is -2.26. The predicted molar refractivity (Wildman–Crippen MR) is 60.6 cm³/mol. The molecular weight excluding hydrogens is 204 g/mol. The zero-order valence-corrected chi connectivity index (χ0v) is 9.15. The van der Waals surface area contributed by atoms with Gasteiger partial charge < -0.3 is 10.2 Å². The maximum atomic E-state index is 10.7. The number of carbonyl (C=O) groups is 1. The van der Waals surface area contributed by atoms with Crippen LogP contribution in [0.3, 0.4) is 0 Å². The average Bonchev–Trinajstić information content (AvgIpc) is 2.79. The molecular formula is C13H16O3. The van der Waals surface area contributed by atoms with Crippen LogP contribution in [0.5, 0.6) is 0 Å². The summed E-state index contributed by atoms with van der Waals surface area (Å²) in [7, 11) is 0. The van der Waals surface area contributed by atoms with E-state index >= 15 is 0 Å².